The van der Waals surface area contributed by atoms with Gasteiger partial charge in [-0.1, -0.05) is 19.1 Å². The lowest BCUT2D eigenvalue weighted by molar-refractivity contribution is -0.134. The molecule has 0 radical (unpaired) electrons. The number of fused-ring (bicyclic) bond motifs is 1. The summed E-state index contributed by atoms with van der Waals surface area (Å²) in [6, 6.07) is 5.89. The first-order valence-electron chi connectivity index (χ1n) is 6.99. The van der Waals surface area contributed by atoms with Gasteiger partial charge in [0.2, 0.25) is 5.91 Å². The molecule has 1 aromatic carbocycles. The molecule has 0 bridgehead atoms. The summed E-state index contributed by atoms with van der Waals surface area (Å²) in [6.07, 6.45) is 2.53. The van der Waals surface area contributed by atoms with Gasteiger partial charge in [0.05, 0.1) is 24.2 Å². The molecule has 20 heavy (non-hydrogen) atoms. The second-order valence-corrected chi connectivity index (χ2v) is 5.76. The number of aromatic nitrogens is 2. The molecule has 1 fully saturated rings. The number of β-amino-alcohol motifs (C(OH)–C–C–N with tert-alkyl or cyclic N) is 1. The number of hydrogen-bond acceptors (Lipinski definition) is 3. The van der Waals surface area contributed by atoms with Crippen LogP contribution in [0.4, 0.5) is 0 Å². The van der Waals surface area contributed by atoms with Gasteiger partial charge in [-0.2, -0.15) is 5.10 Å². The maximum atomic E-state index is 12.3. The van der Waals surface area contributed by atoms with Gasteiger partial charge < -0.3 is 10.0 Å². The maximum Gasteiger partial charge on any atom is 0.227 e. The molecule has 106 valence electrons. The number of aliphatic hydroxyl groups excluding tert-OH is 1. The van der Waals surface area contributed by atoms with E-state index in [9.17, 15) is 9.90 Å². The van der Waals surface area contributed by atoms with E-state index in [4.69, 9.17) is 0 Å². The Labute approximate surface area is 117 Å². The van der Waals surface area contributed by atoms with Gasteiger partial charge in [0.1, 0.15) is 0 Å². The number of aromatic amines is 1. The third-order valence-electron chi connectivity index (χ3n) is 3.85. The number of nitrogens with one attached hydrogen (secondary N) is 1. The van der Waals surface area contributed by atoms with Crippen molar-refractivity contribution in [2.75, 3.05) is 13.1 Å². The van der Waals surface area contributed by atoms with Crippen molar-refractivity contribution >= 4 is 16.8 Å². The first-order valence-corrected chi connectivity index (χ1v) is 6.99. The highest BCUT2D eigenvalue weighted by atomic mass is 16.3. The summed E-state index contributed by atoms with van der Waals surface area (Å²) < 4.78 is 0. The lowest BCUT2D eigenvalue weighted by atomic mass is 9.97. The minimum absolute atomic E-state index is 0.0782. The second-order valence-electron chi connectivity index (χ2n) is 5.76. The molecule has 0 spiro atoms. The summed E-state index contributed by atoms with van der Waals surface area (Å²) in [5.41, 5.74) is 1.92. The zero-order chi connectivity index (χ0) is 14.1. The second kappa shape index (κ2) is 5.25. The number of benzene rings is 1. The molecular formula is C15H19N3O2. The Morgan fingerprint density at radius 1 is 1.50 bits per heavy atom. The van der Waals surface area contributed by atoms with Crippen molar-refractivity contribution in [3.8, 4) is 0 Å². The Balaban J connectivity index is 1.71. The van der Waals surface area contributed by atoms with Gasteiger partial charge in [0, 0.05) is 18.5 Å². The van der Waals surface area contributed by atoms with Crippen molar-refractivity contribution in [1.29, 1.82) is 0 Å². The van der Waals surface area contributed by atoms with E-state index in [2.05, 4.69) is 17.1 Å². The molecule has 1 saturated heterocycles. The summed E-state index contributed by atoms with van der Waals surface area (Å²) in [6.45, 7) is 3.26. The van der Waals surface area contributed by atoms with Crippen LogP contribution in [0, 0.1) is 5.92 Å². The highest BCUT2D eigenvalue weighted by Crippen LogP contribution is 2.18. The number of hydrogen-bond donors (Lipinski definition) is 2. The van der Waals surface area contributed by atoms with Crippen molar-refractivity contribution < 1.29 is 9.90 Å². The summed E-state index contributed by atoms with van der Waals surface area (Å²) in [5, 5.41) is 17.7. The average molecular weight is 273 g/mol. The Morgan fingerprint density at radius 2 is 2.35 bits per heavy atom. The van der Waals surface area contributed by atoms with Crippen LogP contribution in [0.15, 0.2) is 24.4 Å². The van der Waals surface area contributed by atoms with Gasteiger partial charge in [0.15, 0.2) is 0 Å². The molecule has 0 unspecified atom stereocenters. The molecule has 5 nitrogen and oxygen atoms in total. The van der Waals surface area contributed by atoms with E-state index in [0.29, 0.717) is 18.9 Å². The quantitative estimate of drug-likeness (QED) is 0.867. The molecule has 5 heteroatoms. The molecule has 2 N–H and O–H groups in total. The van der Waals surface area contributed by atoms with Crippen molar-refractivity contribution in [1.82, 2.24) is 15.1 Å². The van der Waals surface area contributed by atoms with Crippen molar-refractivity contribution in [3.63, 3.8) is 0 Å². The standard InChI is InChI=1S/C15H19N3O2/c1-10-4-13(19)9-18(8-10)15(20)6-11-2-3-12-7-16-17-14(12)5-11/h2-3,5,7,10,13,19H,4,6,8-9H2,1H3,(H,16,17)/t10-,13+/m1/s1. The Morgan fingerprint density at radius 3 is 3.15 bits per heavy atom. The molecule has 2 atom stereocenters. The molecule has 2 heterocycles. The molecule has 3 rings (SSSR count). The molecule has 2 aromatic rings. The van der Waals surface area contributed by atoms with E-state index >= 15 is 0 Å². The largest absolute Gasteiger partial charge is 0.391 e. The van der Waals surface area contributed by atoms with Crippen molar-refractivity contribution in [2.45, 2.75) is 25.9 Å². The van der Waals surface area contributed by atoms with Gasteiger partial charge in [-0.05, 0) is 24.0 Å². The van der Waals surface area contributed by atoms with Crippen LogP contribution in [0.5, 0.6) is 0 Å². The van der Waals surface area contributed by atoms with E-state index in [0.717, 1.165) is 29.4 Å². The van der Waals surface area contributed by atoms with Crippen LogP contribution < -0.4 is 0 Å². The number of likely N-dealkylation sites (tertiary alicyclic amines) is 1. The van der Waals surface area contributed by atoms with Crippen LogP contribution in [-0.4, -0.2) is 45.3 Å². The van der Waals surface area contributed by atoms with E-state index in [1.54, 1.807) is 11.1 Å². The Kier molecular flexibility index (Phi) is 3.44. The minimum Gasteiger partial charge on any atom is -0.391 e. The lowest BCUT2D eigenvalue weighted by Crippen LogP contribution is -2.46. The average Bonchev–Trinajstić information content (AvgIpc) is 2.85. The van der Waals surface area contributed by atoms with E-state index in [1.807, 2.05) is 18.2 Å². The fourth-order valence-electron chi connectivity index (χ4n) is 2.90. The summed E-state index contributed by atoms with van der Waals surface area (Å²) in [7, 11) is 0. The van der Waals surface area contributed by atoms with E-state index < -0.39 is 6.10 Å². The van der Waals surface area contributed by atoms with Crippen LogP contribution >= 0.6 is 0 Å². The summed E-state index contributed by atoms with van der Waals surface area (Å²) in [5.74, 6) is 0.437. The molecular weight excluding hydrogens is 254 g/mol. The predicted octanol–water partition coefficient (Wildman–Crippen LogP) is 1.33. The van der Waals surface area contributed by atoms with Crippen LogP contribution in [0.1, 0.15) is 18.9 Å². The zero-order valence-electron chi connectivity index (χ0n) is 11.5. The molecule has 1 amide bonds. The summed E-state index contributed by atoms with van der Waals surface area (Å²) in [4.78, 5) is 14.1. The van der Waals surface area contributed by atoms with Crippen LogP contribution in [0.25, 0.3) is 10.9 Å². The van der Waals surface area contributed by atoms with Crippen LogP contribution in [-0.2, 0) is 11.2 Å². The maximum absolute atomic E-state index is 12.3. The lowest BCUT2D eigenvalue weighted by Gasteiger charge is -2.34. The first-order chi connectivity index (χ1) is 9.61. The van der Waals surface area contributed by atoms with Gasteiger partial charge in [-0.25, -0.2) is 0 Å². The highest BCUT2D eigenvalue weighted by molar-refractivity contribution is 5.82. The van der Waals surface area contributed by atoms with Gasteiger partial charge in [-0.15, -0.1) is 0 Å². The topological polar surface area (TPSA) is 69.2 Å². The monoisotopic (exact) mass is 273 g/mol. The number of amides is 1. The number of piperidine rings is 1. The zero-order valence-corrected chi connectivity index (χ0v) is 11.5. The SMILES string of the molecule is C[C@@H]1C[C@H](O)CN(C(=O)Cc2ccc3cn[nH]c3c2)C1. The van der Waals surface area contributed by atoms with E-state index in [-0.39, 0.29) is 5.91 Å². The van der Waals surface area contributed by atoms with Crippen LogP contribution in [0.3, 0.4) is 0 Å². The third kappa shape index (κ3) is 2.67. The fourth-order valence-corrected chi connectivity index (χ4v) is 2.90. The molecule has 0 saturated carbocycles. The minimum atomic E-state index is -0.391. The number of rotatable bonds is 2. The molecule has 1 aliphatic rings. The molecule has 1 aromatic heterocycles. The molecule has 1 aliphatic heterocycles. The smallest absolute Gasteiger partial charge is 0.227 e. The fraction of sp³-hybridized carbons (Fsp3) is 0.467. The van der Waals surface area contributed by atoms with E-state index in [1.165, 1.54) is 0 Å². The first kappa shape index (κ1) is 13.1. The Hall–Kier alpha value is -1.88. The van der Waals surface area contributed by atoms with Crippen molar-refractivity contribution in [2.24, 2.45) is 5.92 Å². The van der Waals surface area contributed by atoms with Crippen LogP contribution in [0.2, 0.25) is 0 Å². The number of nitrogens with zero attached hydrogens (tertiary/aromatic N) is 2. The van der Waals surface area contributed by atoms with Gasteiger partial charge in [0.25, 0.3) is 0 Å². The predicted molar refractivity (Wildman–Crippen MR) is 76.2 cm³/mol. The normalized spacial score (nSPS) is 23.2. The number of carbonyl (C=O) groups is 1. The number of carbonyl (C=O) groups excluding carboxylic acids is 1. The number of aliphatic hydroxyl groups is 1. The van der Waals surface area contributed by atoms with Gasteiger partial charge in [-0.3, -0.25) is 9.89 Å². The number of H-pyrrole nitrogens is 1. The third-order valence-corrected chi connectivity index (χ3v) is 3.85. The van der Waals surface area contributed by atoms with Crippen molar-refractivity contribution in [3.05, 3.63) is 30.0 Å². The summed E-state index contributed by atoms with van der Waals surface area (Å²) >= 11 is 0. The molecule has 0 aliphatic carbocycles. The van der Waals surface area contributed by atoms with Gasteiger partial charge >= 0.3 is 0 Å². The highest BCUT2D eigenvalue weighted by Gasteiger charge is 2.26. The Bertz CT molecular complexity index is 612.